The van der Waals surface area contributed by atoms with Crippen LogP contribution in [0.25, 0.3) is 0 Å². The summed E-state index contributed by atoms with van der Waals surface area (Å²) in [4.78, 5) is 9.43. The van der Waals surface area contributed by atoms with E-state index >= 15 is 0 Å². The number of benzene rings is 1. The summed E-state index contributed by atoms with van der Waals surface area (Å²) in [5, 5.41) is 0. The highest BCUT2D eigenvalue weighted by Gasteiger charge is 2.19. The summed E-state index contributed by atoms with van der Waals surface area (Å²) in [7, 11) is -3.43. The van der Waals surface area contributed by atoms with Crippen molar-refractivity contribution in [3.8, 4) is 5.75 Å². The third kappa shape index (κ3) is 3.95. The summed E-state index contributed by atoms with van der Waals surface area (Å²) in [6, 6.07) is 8.73. The Morgan fingerprint density at radius 3 is 2.57 bits per heavy atom. The molecule has 0 heterocycles. The van der Waals surface area contributed by atoms with E-state index in [1.54, 1.807) is 24.3 Å². The average Bonchev–Trinajstić information content (AvgIpc) is 2.16. The molecule has 3 nitrogen and oxygen atoms in total. The molecule has 0 aliphatic heterocycles. The van der Waals surface area contributed by atoms with Crippen molar-refractivity contribution in [2.45, 2.75) is 19.8 Å². The molecule has 1 rings (SSSR count). The molecule has 0 spiro atoms. The average molecular weight is 214 g/mol. The van der Waals surface area contributed by atoms with Gasteiger partial charge in [-0.3, -0.25) is 0 Å². The van der Waals surface area contributed by atoms with Crippen molar-refractivity contribution in [1.29, 1.82) is 0 Å². The first-order chi connectivity index (χ1) is 6.64. The lowest BCUT2D eigenvalue weighted by Crippen LogP contribution is -1.96. The fourth-order valence-electron chi connectivity index (χ4n) is 1.05. The van der Waals surface area contributed by atoms with Crippen molar-refractivity contribution >= 4 is 7.60 Å². The van der Waals surface area contributed by atoms with Crippen LogP contribution in [0, 0.1) is 0 Å². The molecule has 0 aliphatic rings. The summed E-state index contributed by atoms with van der Waals surface area (Å²) in [5.41, 5.74) is 0. The molecule has 0 radical (unpaired) electrons. The molecular formula is C10H15O3P. The molecule has 1 unspecified atom stereocenters. The van der Waals surface area contributed by atoms with Gasteiger partial charge >= 0.3 is 7.60 Å². The second-order valence-corrected chi connectivity index (χ2v) is 5.02. The molecule has 0 saturated heterocycles. The zero-order valence-corrected chi connectivity index (χ0v) is 9.11. The minimum atomic E-state index is -3.43. The maximum Gasteiger partial charge on any atom is 0.376 e. The van der Waals surface area contributed by atoms with Crippen LogP contribution >= 0.6 is 7.60 Å². The topological polar surface area (TPSA) is 46.5 Å². The predicted octanol–water partition coefficient (Wildman–Crippen LogP) is 3.05. The Bertz CT molecular complexity index is 310. The van der Waals surface area contributed by atoms with Gasteiger partial charge in [-0.1, -0.05) is 31.5 Å². The summed E-state index contributed by atoms with van der Waals surface area (Å²) >= 11 is 0. The molecule has 14 heavy (non-hydrogen) atoms. The van der Waals surface area contributed by atoms with Gasteiger partial charge in [0, 0.05) is 0 Å². The fraction of sp³-hybridized carbons (Fsp3) is 0.400. The monoisotopic (exact) mass is 214 g/mol. The van der Waals surface area contributed by atoms with Gasteiger partial charge in [-0.05, 0) is 18.6 Å². The Kier molecular flexibility index (Phi) is 4.18. The fourth-order valence-corrected chi connectivity index (χ4v) is 2.31. The van der Waals surface area contributed by atoms with E-state index in [2.05, 4.69) is 0 Å². The van der Waals surface area contributed by atoms with Crippen LogP contribution in [0.1, 0.15) is 19.8 Å². The highest BCUT2D eigenvalue weighted by atomic mass is 31.2. The van der Waals surface area contributed by atoms with E-state index in [1.165, 1.54) is 0 Å². The summed E-state index contributed by atoms with van der Waals surface area (Å²) < 4.78 is 16.5. The second kappa shape index (κ2) is 5.18. The molecule has 0 aromatic heterocycles. The number of rotatable bonds is 5. The normalized spacial score (nSPS) is 14.7. The van der Waals surface area contributed by atoms with E-state index in [0.717, 1.165) is 6.42 Å². The molecule has 1 aromatic carbocycles. The molecule has 78 valence electrons. The quantitative estimate of drug-likeness (QED) is 0.766. The van der Waals surface area contributed by atoms with Gasteiger partial charge in [0.05, 0.1) is 6.16 Å². The van der Waals surface area contributed by atoms with E-state index in [0.29, 0.717) is 12.2 Å². The van der Waals surface area contributed by atoms with E-state index in [4.69, 9.17) is 4.52 Å². The largest absolute Gasteiger partial charge is 0.424 e. The van der Waals surface area contributed by atoms with E-state index < -0.39 is 7.60 Å². The van der Waals surface area contributed by atoms with Crippen LogP contribution in [0.15, 0.2) is 30.3 Å². The Balaban J connectivity index is 2.55. The summed E-state index contributed by atoms with van der Waals surface area (Å²) in [6.07, 6.45) is 1.82. The van der Waals surface area contributed by atoms with Gasteiger partial charge < -0.3 is 9.42 Å². The molecule has 1 N–H and O–H groups in total. The van der Waals surface area contributed by atoms with Crippen LogP contribution < -0.4 is 4.52 Å². The number of unbranched alkanes of at least 4 members (excludes halogenated alkanes) is 1. The van der Waals surface area contributed by atoms with Gasteiger partial charge in [-0.2, -0.15) is 0 Å². The third-order valence-electron chi connectivity index (χ3n) is 1.79. The number of para-hydroxylation sites is 1. The first-order valence-electron chi connectivity index (χ1n) is 4.70. The van der Waals surface area contributed by atoms with Gasteiger partial charge in [0.1, 0.15) is 5.75 Å². The summed E-state index contributed by atoms with van der Waals surface area (Å²) in [5.74, 6) is 0.453. The van der Waals surface area contributed by atoms with Crippen LogP contribution in [0.2, 0.25) is 0 Å². The van der Waals surface area contributed by atoms with Crippen LogP contribution in [-0.4, -0.2) is 11.1 Å². The SMILES string of the molecule is CCCCP(=O)(O)Oc1ccccc1. The van der Waals surface area contributed by atoms with Crippen LogP contribution in [0.5, 0.6) is 5.75 Å². The van der Waals surface area contributed by atoms with E-state index in [1.807, 2.05) is 13.0 Å². The molecule has 1 atom stereocenters. The molecule has 0 saturated carbocycles. The lowest BCUT2D eigenvalue weighted by Gasteiger charge is -2.12. The van der Waals surface area contributed by atoms with E-state index in [9.17, 15) is 9.46 Å². The maximum atomic E-state index is 11.5. The first-order valence-corrected chi connectivity index (χ1v) is 6.47. The maximum absolute atomic E-state index is 11.5. The smallest absolute Gasteiger partial charge is 0.376 e. The van der Waals surface area contributed by atoms with Crippen LogP contribution in [0.4, 0.5) is 0 Å². The van der Waals surface area contributed by atoms with Crippen molar-refractivity contribution in [3.63, 3.8) is 0 Å². The Labute approximate surface area is 84.3 Å². The Morgan fingerprint density at radius 2 is 2.00 bits per heavy atom. The van der Waals surface area contributed by atoms with Gasteiger partial charge in [0.15, 0.2) is 0 Å². The molecule has 0 amide bonds. The van der Waals surface area contributed by atoms with Crippen LogP contribution in [0.3, 0.4) is 0 Å². The van der Waals surface area contributed by atoms with Crippen molar-refractivity contribution < 1.29 is 14.0 Å². The molecule has 0 bridgehead atoms. The van der Waals surface area contributed by atoms with Gasteiger partial charge in [-0.15, -0.1) is 0 Å². The number of hydrogen-bond acceptors (Lipinski definition) is 2. The minimum absolute atomic E-state index is 0.221. The van der Waals surface area contributed by atoms with Crippen molar-refractivity contribution in [2.24, 2.45) is 0 Å². The van der Waals surface area contributed by atoms with Crippen molar-refractivity contribution in [1.82, 2.24) is 0 Å². The molecular weight excluding hydrogens is 199 g/mol. The Hall–Kier alpha value is -0.790. The Morgan fingerprint density at radius 1 is 1.36 bits per heavy atom. The zero-order chi connectivity index (χ0) is 10.4. The van der Waals surface area contributed by atoms with Gasteiger partial charge in [-0.25, -0.2) is 4.57 Å². The molecule has 0 aliphatic carbocycles. The highest BCUT2D eigenvalue weighted by Crippen LogP contribution is 2.43. The summed E-state index contributed by atoms with van der Waals surface area (Å²) in [6.45, 7) is 1.97. The molecule has 0 fully saturated rings. The lowest BCUT2D eigenvalue weighted by atomic mass is 10.3. The van der Waals surface area contributed by atoms with Crippen molar-refractivity contribution in [2.75, 3.05) is 6.16 Å². The molecule has 4 heteroatoms. The van der Waals surface area contributed by atoms with Gasteiger partial charge in [0.2, 0.25) is 0 Å². The lowest BCUT2D eigenvalue weighted by molar-refractivity contribution is 0.378. The first kappa shape index (κ1) is 11.3. The second-order valence-electron chi connectivity index (χ2n) is 3.12. The number of hydrogen-bond donors (Lipinski definition) is 1. The zero-order valence-electron chi connectivity index (χ0n) is 8.22. The highest BCUT2D eigenvalue weighted by molar-refractivity contribution is 7.53. The minimum Gasteiger partial charge on any atom is -0.424 e. The van der Waals surface area contributed by atoms with E-state index in [-0.39, 0.29) is 6.16 Å². The standard InChI is InChI=1S/C10H15O3P/c1-2-3-9-14(11,12)13-10-7-5-4-6-8-10/h4-8H,2-3,9H2,1H3,(H,11,12). The third-order valence-corrected chi connectivity index (χ3v) is 3.16. The molecule has 1 aromatic rings. The van der Waals surface area contributed by atoms with Crippen LogP contribution in [-0.2, 0) is 4.57 Å². The predicted molar refractivity (Wildman–Crippen MR) is 56.7 cm³/mol. The van der Waals surface area contributed by atoms with Crippen molar-refractivity contribution in [3.05, 3.63) is 30.3 Å². The van der Waals surface area contributed by atoms with Gasteiger partial charge in [0.25, 0.3) is 0 Å².